The molecule has 6 heteroatoms. The number of hydrogen-bond donors (Lipinski definition) is 1. The van der Waals surface area contributed by atoms with E-state index < -0.39 is 0 Å². The molecule has 1 aromatic carbocycles. The van der Waals surface area contributed by atoms with Crippen molar-refractivity contribution in [2.45, 2.75) is 32.7 Å². The molecule has 0 radical (unpaired) electrons. The Morgan fingerprint density at radius 1 is 1.44 bits per heavy atom. The number of amides is 1. The second kappa shape index (κ2) is 7.27. The van der Waals surface area contributed by atoms with Gasteiger partial charge in [-0.3, -0.25) is 4.79 Å². The van der Waals surface area contributed by atoms with Gasteiger partial charge in [0, 0.05) is 49.1 Å². The Hall–Kier alpha value is -2.34. The second-order valence-corrected chi connectivity index (χ2v) is 6.55. The minimum atomic E-state index is -0.375. The first-order valence-corrected chi connectivity index (χ1v) is 8.61. The molecule has 0 bridgehead atoms. The van der Waals surface area contributed by atoms with E-state index in [1.165, 1.54) is 0 Å². The van der Waals surface area contributed by atoms with Crippen molar-refractivity contribution in [1.82, 2.24) is 10.2 Å². The number of piperazine rings is 1. The fourth-order valence-corrected chi connectivity index (χ4v) is 3.34. The number of carbonyl (C=O) groups excluding carboxylic acids is 1. The van der Waals surface area contributed by atoms with Crippen molar-refractivity contribution in [2.24, 2.45) is 0 Å². The van der Waals surface area contributed by atoms with Crippen molar-refractivity contribution >= 4 is 16.9 Å². The summed E-state index contributed by atoms with van der Waals surface area (Å²) in [5.74, 6) is 0.729. The molecule has 1 atom stereocenters. The van der Waals surface area contributed by atoms with E-state index in [0.29, 0.717) is 48.9 Å². The predicted octanol–water partition coefficient (Wildman–Crippen LogP) is 1.86. The van der Waals surface area contributed by atoms with Crippen LogP contribution in [0.5, 0.6) is 5.75 Å². The highest BCUT2D eigenvalue weighted by molar-refractivity contribution is 5.82. The van der Waals surface area contributed by atoms with Gasteiger partial charge in [-0.1, -0.05) is 0 Å². The van der Waals surface area contributed by atoms with Crippen LogP contribution < -0.4 is 15.7 Å². The molecule has 3 rings (SSSR count). The lowest BCUT2D eigenvalue weighted by Gasteiger charge is -2.32. The highest BCUT2D eigenvalue weighted by Gasteiger charge is 2.21. The van der Waals surface area contributed by atoms with Crippen molar-refractivity contribution < 1.29 is 13.9 Å². The summed E-state index contributed by atoms with van der Waals surface area (Å²) in [5.41, 5.74) is 1.58. The Kier molecular flexibility index (Phi) is 5.08. The minimum Gasteiger partial charge on any atom is -0.497 e. The summed E-state index contributed by atoms with van der Waals surface area (Å²) in [7, 11) is 1.57. The van der Waals surface area contributed by atoms with Gasteiger partial charge in [0.1, 0.15) is 11.3 Å². The van der Waals surface area contributed by atoms with Crippen LogP contribution in [0, 0.1) is 6.92 Å². The molecule has 2 heterocycles. The summed E-state index contributed by atoms with van der Waals surface area (Å²) in [6.07, 6.45) is 0.716. The number of rotatable bonds is 4. The van der Waals surface area contributed by atoms with Crippen LogP contribution in [0.15, 0.2) is 27.4 Å². The number of ether oxygens (including phenoxy) is 1. The number of nitrogens with one attached hydrogen (secondary N) is 1. The van der Waals surface area contributed by atoms with Crippen LogP contribution in [0.3, 0.4) is 0 Å². The van der Waals surface area contributed by atoms with E-state index in [9.17, 15) is 9.59 Å². The summed E-state index contributed by atoms with van der Waals surface area (Å²) in [6, 6.07) is 5.74. The van der Waals surface area contributed by atoms with E-state index in [1.54, 1.807) is 13.2 Å². The first-order chi connectivity index (χ1) is 12.0. The normalized spacial score (nSPS) is 17.7. The number of nitrogens with zero attached hydrogens (tertiary/aromatic N) is 1. The SMILES string of the molecule is COc1ccc2c(C)c(CCC(=O)N3CCNC(C)C3)c(=O)oc2c1. The highest BCUT2D eigenvalue weighted by Crippen LogP contribution is 2.24. The molecule has 1 unspecified atom stereocenters. The summed E-state index contributed by atoms with van der Waals surface area (Å²) in [4.78, 5) is 26.7. The molecule has 25 heavy (non-hydrogen) atoms. The molecule has 0 aliphatic carbocycles. The number of fused-ring (bicyclic) bond motifs is 1. The zero-order chi connectivity index (χ0) is 18.0. The van der Waals surface area contributed by atoms with Gasteiger partial charge in [-0.25, -0.2) is 4.79 Å². The molecule has 0 saturated carbocycles. The third kappa shape index (κ3) is 3.69. The van der Waals surface area contributed by atoms with Gasteiger partial charge in [-0.05, 0) is 38.0 Å². The number of hydrogen-bond acceptors (Lipinski definition) is 5. The minimum absolute atomic E-state index is 0.0852. The number of benzene rings is 1. The average Bonchev–Trinajstić information content (AvgIpc) is 2.60. The Morgan fingerprint density at radius 2 is 2.24 bits per heavy atom. The number of methoxy groups -OCH3 is 1. The Bertz CT molecular complexity index is 843. The van der Waals surface area contributed by atoms with E-state index in [-0.39, 0.29) is 11.5 Å². The average molecular weight is 344 g/mol. The smallest absolute Gasteiger partial charge is 0.339 e. The standard InChI is InChI=1S/C19H24N2O4/c1-12-11-21(9-8-20-12)18(22)7-6-16-13(2)15-5-4-14(24-3)10-17(15)25-19(16)23/h4-5,10,12,20H,6-9,11H2,1-3H3. The Morgan fingerprint density at radius 3 is 2.96 bits per heavy atom. The van der Waals surface area contributed by atoms with Crippen LogP contribution in [-0.4, -0.2) is 43.6 Å². The van der Waals surface area contributed by atoms with E-state index in [2.05, 4.69) is 12.2 Å². The van der Waals surface area contributed by atoms with Gasteiger partial charge in [-0.2, -0.15) is 0 Å². The maximum Gasteiger partial charge on any atom is 0.339 e. The van der Waals surface area contributed by atoms with Gasteiger partial charge >= 0.3 is 5.63 Å². The quantitative estimate of drug-likeness (QED) is 0.857. The molecule has 134 valence electrons. The molecule has 1 aromatic heterocycles. The molecule has 1 aliphatic rings. The molecule has 1 N–H and O–H groups in total. The number of aryl methyl sites for hydroxylation is 1. The summed E-state index contributed by atoms with van der Waals surface area (Å²) in [6.45, 7) is 6.21. The third-order valence-corrected chi connectivity index (χ3v) is 4.80. The van der Waals surface area contributed by atoms with Crippen LogP contribution in [-0.2, 0) is 11.2 Å². The molecule has 1 aliphatic heterocycles. The van der Waals surface area contributed by atoms with Crippen LogP contribution >= 0.6 is 0 Å². The van der Waals surface area contributed by atoms with Gasteiger partial charge in [0.05, 0.1) is 7.11 Å². The van der Waals surface area contributed by atoms with E-state index >= 15 is 0 Å². The van der Waals surface area contributed by atoms with Crippen molar-refractivity contribution in [2.75, 3.05) is 26.7 Å². The predicted molar refractivity (Wildman–Crippen MR) is 96.1 cm³/mol. The fourth-order valence-electron chi connectivity index (χ4n) is 3.34. The van der Waals surface area contributed by atoms with Crippen LogP contribution in [0.2, 0.25) is 0 Å². The molecule has 1 fully saturated rings. The maximum absolute atomic E-state index is 12.4. The summed E-state index contributed by atoms with van der Waals surface area (Å²) in [5, 5.41) is 4.19. The van der Waals surface area contributed by atoms with E-state index in [1.807, 2.05) is 24.0 Å². The van der Waals surface area contributed by atoms with Crippen molar-refractivity contribution in [3.05, 3.63) is 39.7 Å². The fraction of sp³-hybridized carbons (Fsp3) is 0.474. The van der Waals surface area contributed by atoms with Crippen molar-refractivity contribution in [3.63, 3.8) is 0 Å². The third-order valence-electron chi connectivity index (χ3n) is 4.80. The summed E-state index contributed by atoms with van der Waals surface area (Å²) < 4.78 is 10.6. The lowest BCUT2D eigenvalue weighted by atomic mass is 10.0. The lowest BCUT2D eigenvalue weighted by molar-refractivity contribution is -0.132. The van der Waals surface area contributed by atoms with E-state index in [4.69, 9.17) is 9.15 Å². The van der Waals surface area contributed by atoms with Crippen LogP contribution in [0.1, 0.15) is 24.5 Å². The Balaban J connectivity index is 1.79. The van der Waals surface area contributed by atoms with Gasteiger partial charge in [-0.15, -0.1) is 0 Å². The lowest BCUT2D eigenvalue weighted by Crippen LogP contribution is -2.51. The van der Waals surface area contributed by atoms with Crippen LogP contribution in [0.25, 0.3) is 11.0 Å². The number of carbonyl (C=O) groups is 1. The monoisotopic (exact) mass is 344 g/mol. The molecular formula is C19H24N2O4. The largest absolute Gasteiger partial charge is 0.497 e. The summed E-state index contributed by atoms with van der Waals surface area (Å²) >= 11 is 0. The van der Waals surface area contributed by atoms with Gasteiger partial charge in [0.15, 0.2) is 0 Å². The van der Waals surface area contributed by atoms with Crippen LogP contribution in [0.4, 0.5) is 0 Å². The second-order valence-electron chi connectivity index (χ2n) is 6.55. The molecule has 1 amide bonds. The molecular weight excluding hydrogens is 320 g/mol. The van der Waals surface area contributed by atoms with Crippen molar-refractivity contribution in [3.8, 4) is 5.75 Å². The molecule has 6 nitrogen and oxygen atoms in total. The molecule has 1 saturated heterocycles. The first-order valence-electron chi connectivity index (χ1n) is 8.61. The first kappa shape index (κ1) is 17.5. The molecule has 2 aromatic rings. The van der Waals surface area contributed by atoms with Gasteiger partial charge in [0.25, 0.3) is 0 Å². The topological polar surface area (TPSA) is 71.8 Å². The zero-order valence-electron chi connectivity index (χ0n) is 14.9. The van der Waals surface area contributed by atoms with Gasteiger partial charge in [0.2, 0.25) is 5.91 Å². The zero-order valence-corrected chi connectivity index (χ0v) is 14.9. The van der Waals surface area contributed by atoms with Crippen molar-refractivity contribution in [1.29, 1.82) is 0 Å². The highest BCUT2D eigenvalue weighted by atomic mass is 16.5. The molecule has 0 spiro atoms. The van der Waals surface area contributed by atoms with Gasteiger partial charge < -0.3 is 19.4 Å². The van der Waals surface area contributed by atoms with E-state index in [0.717, 1.165) is 17.5 Å². The maximum atomic E-state index is 12.4. The Labute approximate surface area is 146 Å².